The van der Waals surface area contributed by atoms with Crippen LogP contribution in [-0.4, -0.2) is 25.7 Å². The topological polar surface area (TPSA) is 38.3 Å². The van der Waals surface area contributed by atoms with Gasteiger partial charge in [-0.3, -0.25) is 4.79 Å². The summed E-state index contributed by atoms with van der Waals surface area (Å²) in [6.45, 7) is 6.77. The van der Waals surface area contributed by atoms with E-state index in [1.807, 2.05) is 6.92 Å². The van der Waals surface area contributed by atoms with Gasteiger partial charge in [-0.15, -0.1) is 0 Å². The van der Waals surface area contributed by atoms with Gasteiger partial charge in [-0.25, -0.2) is 0 Å². The number of carbonyl (C=O) groups excluding carboxylic acids is 1. The van der Waals surface area contributed by atoms with Crippen molar-refractivity contribution in [2.24, 2.45) is 5.92 Å². The van der Waals surface area contributed by atoms with Gasteiger partial charge >= 0.3 is 0 Å². The average Bonchev–Trinajstić information content (AvgIpc) is 2.19. The third-order valence-electron chi connectivity index (χ3n) is 2.58. The summed E-state index contributed by atoms with van der Waals surface area (Å²) < 4.78 is 4.98. The molecule has 0 aliphatic rings. The van der Waals surface area contributed by atoms with E-state index in [9.17, 15) is 4.79 Å². The van der Waals surface area contributed by atoms with E-state index < -0.39 is 0 Å². The highest BCUT2D eigenvalue weighted by Gasteiger charge is 2.17. The molecule has 0 rings (SSSR count). The lowest BCUT2D eigenvalue weighted by Crippen LogP contribution is -2.39. The average molecular weight is 215 g/mol. The molecule has 0 saturated carbocycles. The summed E-state index contributed by atoms with van der Waals surface area (Å²) in [7, 11) is 1.65. The molecule has 0 fully saturated rings. The van der Waals surface area contributed by atoms with Gasteiger partial charge in [0.2, 0.25) is 5.91 Å². The summed E-state index contributed by atoms with van der Waals surface area (Å²) >= 11 is 0. The number of rotatable bonds is 8. The van der Waals surface area contributed by atoms with Crippen molar-refractivity contribution in [1.29, 1.82) is 0 Å². The monoisotopic (exact) mass is 215 g/mol. The van der Waals surface area contributed by atoms with E-state index in [4.69, 9.17) is 4.74 Å². The zero-order valence-corrected chi connectivity index (χ0v) is 10.5. The first-order chi connectivity index (χ1) is 7.15. The van der Waals surface area contributed by atoms with Crippen molar-refractivity contribution < 1.29 is 9.53 Å². The maximum absolute atomic E-state index is 11.8. The van der Waals surface area contributed by atoms with Crippen molar-refractivity contribution in [1.82, 2.24) is 5.32 Å². The SMILES string of the molecule is CCCC[C@H](CC)C(=O)N[C@H](C)COC. The van der Waals surface area contributed by atoms with Crippen LogP contribution in [0.5, 0.6) is 0 Å². The molecule has 1 N–H and O–H groups in total. The molecule has 0 unspecified atom stereocenters. The van der Waals surface area contributed by atoms with E-state index in [2.05, 4.69) is 19.2 Å². The van der Waals surface area contributed by atoms with Crippen molar-refractivity contribution in [3.8, 4) is 0 Å². The molecule has 2 atom stereocenters. The minimum Gasteiger partial charge on any atom is -0.383 e. The summed E-state index contributed by atoms with van der Waals surface area (Å²) in [6.07, 6.45) is 4.20. The summed E-state index contributed by atoms with van der Waals surface area (Å²) in [5.41, 5.74) is 0. The van der Waals surface area contributed by atoms with Crippen LogP contribution in [0.25, 0.3) is 0 Å². The van der Waals surface area contributed by atoms with Gasteiger partial charge in [-0.2, -0.15) is 0 Å². The fourth-order valence-corrected chi connectivity index (χ4v) is 1.62. The van der Waals surface area contributed by atoms with Crippen LogP contribution in [0, 0.1) is 5.92 Å². The van der Waals surface area contributed by atoms with Crippen LogP contribution >= 0.6 is 0 Å². The fourth-order valence-electron chi connectivity index (χ4n) is 1.62. The minimum atomic E-state index is 0.109. The van der Waals surface area contributed by atoms with E-state index in [-0.39, 0.29) is 17.9 Å². The molecule has 0 bridgehead atoms. The quantitative estimate of drug-likeness (QED) is 0.675. The zero-order valence-electron chi connectivity index (χ0n) is 10.5. The molecule has 3 nitrogen and oxygen atoms in total. The molecular formula is C12H25NO2. The van der Waals surface area contributed by atoms with Crippen LogP contribution in [-0.2, 0) is 9.53 Å². The number of amides is 1. The highest BCUT2D eigenvalue weighted by atomic mass is 16.5. The van der Waals surface area contributed by atoms with Crippen LogP contribution in [0.1, 0.15) is 46.5 Å². The third-order valence-corrected chi connectivity index (χ3v) is 2.58. The highest BCUT2D eigenvalue weighted by molar-refractivity contribution is 5.78. The lowest BCUT2D eigenvalue weighted by molar-refractivity contribution is -0.126. The number of unbranched alkanes of at least 4 members (excludes halogenated alkanes) is 1. The fraction of sp³-hybridized carbons (Fsp3) is 0.917. The molecule has 0 aliphatic heterocycles. The standard InChI is InChI=1S/C12H25NO2/c1-5-7-8-11(6-2)12(14)13-10(3)9-15-4/h10-11H,5-9H2,1-4H3,(H,13,14)/t10-,11+/m1/s1. The Labute approximate surface area is 93.6 Å². The number of hydrogen-bond donors (Lipinski definition) is 1. The van der Waals surface area contributed by atoms with Gasteiger partial charge < -0.3 is 10.1 Å². The Balaban J connectivity index is 3.91. The number of methoxy groups -OCH3 is 1. The van der Waals surface area contributed by atoms with Gasteiger partial charge in [0.05, 0.1) is 6.61 Å². The first-order valence-corrected chi connectivity index (χ1v) is 5.94. The second kappa shape index (κ2) is 8.72. The molecule has 3 heteroatoms. The zero-order chi connectivity index (χ0) is 11.7. The van der Waals surface area contributed by atoms with E-state index in [1.54, 1.807) is 7.11 Å². The Morgan fingerprint density at radius 2 is 2.07 bits per heavy atom. The summed E-state index contributed by atoms with van der Waals surface area (Å²) in [5.74, 6) is 0.347. The Hall–Kier alpha value is -0.570. The van der Waals surface area contributed by atoms with Crippen molar-refractivity contribution in [3.63, 3.8) is 0 Å². The van der Waals surface area contributed by atoms with Crippen LogP contribution in [0.15, 0.2) is 0 Å². The second-order valence-corrected chi connectivity index (χ2v) is 4.11. The number of ether oxygens (including phenoxy) is 1. The van der Waals surface area contributed by atoms with Gasteiger partial charge in [-0.1, -0.05) is 26.7 Å². The van der Waals surface area contributed by atoms with Crippen molar-refractivity contribution in [2.45, 2.75) is 52.5 Å². The van der Waals surface area contributed by atoms with Crippen molar-refractivity contribution in [3.05, 3.63) is 0 Å². The lowest BCUT2D eigenvalue weighted by Gasteiger charge is -2.18. The molecule has 0 radical (unpaired) electrons. The van der Waals surface area contributed by atoms with Crippen molar-refractivity contribution in [2.75, 3.05) is 13.7 Å². The van der Waals surface area contributed by atoms with E-state index in [0.29, 0.717) is 6.61 Å². The number of carbonyl (C=O) groups is 1. The van der Waals surface area contributed by atoms with Crippen LogP contribution in [0.3, 0.4) is 0 Å². The van der Waals surface area contributed by atoms with Crippen LogP contribution in [0.2, 0.25) is 0 Å². The molecule has 0 heterocycles. The molecule has 1 amide bonds. The van der Waals surface area contributed by atoms with E-state index >= 15 is 0 Å². The van der Waals surface area contributed by atoms with Gasteiger partial charge in [0.15, 0.2) is 0 Å². The summed E-state index contributed by atoms with van der Waals surface area (Å²) in [4.78, 5) is 11.8. The van der Waals surface area contributed by atoms with E-state index in [1.165, 1.54) is 0 Å². The normalized spacial score (nSPS) is 14.7. The van der Waals surface area contributed by atoms with E-state index in [0.717, 1.165) is 25.7 Å². The Morgan fingerprint density at radius 1 is 1.40 bits per heavy atom. The maximum Gasteiger partial charge on any atom is 0.223 e. The van der Waals surface area contributed by atoms with Gasteiger partial charge in [-0.05, 0) is 19.8 Å². The molecule has 0 aromatic carbocycles. The number of nitrogens with one attached hydrogen (secondary N) is 1. The largest absolute Gasteiger partial charge is 0.383 e. The Kier molecular flexibility index (Phi) is 8.38. The third kappa shape index (κ3) is 6.50. The lowest BCUT2D eigenvalue weighted by atomic mass is 9.98. The van der Waals surface area contributed by atoms with Crippen LogP contribution in [0.4, 0.5) is 0 Å². The summed E-state index contributed by atoms with van der Waals surface area (Å²) in [5, 5.41) is 2.98. The van der Waals surface area contributed by atoms with Crippen molar-refractivity contribution >= 4 is 5.91 Å². The molecule has 0 aromatic heterocycles. The first kappa shape index (κ1) is 14.4. The molecule has 0 aromatic rings. The Morgan fingerprint density at radius 3 is 2.53 bits per heavy atom. The molecule has 0 aliphatic carbocycles. The first-order valence-electron chi connectivity index (χ1n) is 5.94. The molecule has 0 saturated heterocycles. The molecule has 15 heavy (non-hydrogen) atoms. The predicted molar refractivity (Wildman–Crippen MR) is 62.8 cm³/mol. The molecule has 0 spiro atoms. The highest BCUT2D eigenvalue weighted by Crippen LogP contribution is 2.12. The van der Waals surface area contributed by atoms with Crippen LogP contribution < -0.4 is 5.32 Å². The predicted octanol–water partition coefficient (Wildman–Crippen LogP) is 2.35. The molecule has 90 valence electrons. The van der Waals surface area contributed by atoms with Gasteiger partial charge in [0.25, 0.3) is 0 Å². The smallest absolute Gasteiger partial charge is 0.223 e. The summed E-state index contributed by atoms with van der Waals surface area (Å²) in [6, 6.07) is 0.109. The minimum absolute atomic E-state index is 0.109. The maximum atomic E-state index is 11.8. The van der Waals surface area contributed by atoms with Gasteiger partial charge in [0, 0.05) is 19.1 Å². The Bertz CT molecular complexity index is 171. The number of hydrogen-bond acceptors (Lipinski definition) is 2. The van der Waals surface area contributed by atoms with Gasteiger partial charge in [0.1, 0.15) is 0 Å². The second-order valence-electron chi connectivity index (χ2n) is 4.11. The molecular weight excluding hydrogens is 190 g/mol.